The summed E-state index contributed by atoms with van der Waals surface area (Å²) in [6, 6.07) is 8.62. The molecule has 2 aromatic carbocycles. The fourth-order valence-corrected chi connectivity index (χ4v) is 3.10. The molecule has 1 heterocycles. The number of hydrogen-bond donors (Lipinski definition) is 1. The summed E-state index contributed by atoms with van der Waals surface area (Å²) in [5.74, 6) is -6.25. The molecule has 0 spiro atoms. The molecule has 1 atom stereocenters. The number of nitrogens with zero attached hydrogens (tertiary/aromatic N) is 1. The van der Waals surface area contributed by atoms with Crippen LogP contribution in [0.15, 0.2) is 36.4 Å². The van der Waals surface area contributed by atoms with Crippen molar-refractivity contribution in [2.45, 2.75) is 33.3 Å². The predicted molar refractivity (Wildman–Crippen MR) is 106 cm³/mol. The average Bonchev–Trinajstić information content (AvgIpc) is 2.73. The number of aromatic nitrogens is 1. The van der Waals surface area contributed by atoms with Gasteiger partial charge in [0.1, 0.15) is 0 Å². The molecule has 1 amide bonds. The van der Waals surface area contributed by atoms with Crippen molar-refractivity contribution < 1.29 is 27.5 Å². The minimum absolute atomic E-state index is 0.288. The van der Waals surface area contributed by atoms with Crippen LogP contribution in [0.25, 0.3) is 10.9 Å². The number of carbonyl (C=O) groups excluding carboxylic acids is 2. The van der Waals surface area contributed by atoms with Gasteiger partial charge in [-0.1, -0.05) is 25.1 Å². The van der Waals surface area contributed by atoms with Gasteiger partial charge in [0.15, 0.2) is 23.6 Å². The van der Waals surface area contributed by atoms with Gasteiger partial charge in [-0.2, -0.15) is 0 Å². The summed E-state index contributed by atoms with van der Waals surface area (Å²) in [4.78, 5) is 29.7. The Morgan fingerprint density at radius 2 is 1.80 bits per heavy atom. The molecule has 0 fully saturated rings. The lowest BCUT2D eigenvalue weighted by Crippen LogP contribution is -2.30. The largest absolute Gasteiger partial charge is 0.449 e. The fourth-order valence-electron chi connectivity index (χ4n) is 3.10. The van der Waals surface area contributed by atoms with Gasteiger partial charge < -0.3 is 10.1 Å². The van der Waals surface area contributed by atoms with E-state index in [1.54, 1.807) is 31.2 Å². The number of ether oxygens (including phenoxy) is 1. The Hall–Kier alpha value is -3.42. The molecule has 0 aliphatic carbocycles. The molecular formula is C22H19F3N2O3. The average molecular weight is 416 g/mol. The van der Waals surface area contributed by atoms with Crippen LogP contribution in [-0.2, 0) is 16.0 Å². The Labute approximate surface area is 170 Å². The number of para-hydroxylation sites is 1. The van der Waals surface area contributed by atoms with E-state index in [4.69, 9.17) is 4.74 Å². The number of hydrogen-bond acceptors (Lipinski definition) is 4. The maximum absolute atomic E-state index is 13.8. The van der Waals surface area contributed by atoms with Gasteiger partial charge in [-0.05, 0) is 44.0 Å². The highest BCUT2D eigenvalue weighted by molar-refractivity contribution is 6.06. The van der Waals surface area contributed by atoms with Crippen LogP contribution in [0.5, 0.6) is 0 Å². The summed E-state index contributed by atoms with van der Waals surface area (Å²) in [7, 11) is 0. The molecule has 0 saturated heterocycles. The van der Waals surface area contributed by atoms with Crippen molar-refractivity contribution in [2.24, 2.45) is 0 Å². The Morgan fingerprint density at radius 1 is 1.10 bits per heavy atom. The van der Waals surface area contributed by atoms with Gasteiger partial charge in [-0.15, -0.1) is 0 Å². The lowest BCUT2D eigenvalue weighted by atomic mass is 10.0. The minimum Gasteiger partial charge on any atom is -0.449 e. The van der Waals surface area contributed by atoms with E-state index >= 15 is 0 Å². The molecule has 0 bridgehead atoms. The molecule has 0 aliphatic rings. The molecule has 3 aromatic rings. The maximum Gasteiger partial charge on any atom is 0.339 e. The predicted octanol–water partition coefficient (Wildman–Crippen LogP) is 4.71. The monoisotopic (exact) mass is 416 g/mol. The van der Waals surface area contributed by atoms with Gasteiger partial charge in [0.2, 0.25) is 0 Å². The summed E-state index contributed by atoms with van der Waals surface area (Å²) < 4.78 is 45.5. The van der Waals surface area contributed by atoms with E-state index in [-0.39, 0.29) is 5.56 Å². The third kappa shape index (κ3) is 3.98. The molecular weight excluding hydrogens is 397 g/mol. The van der Waals surface area contributed by atoms with E-state index in [1.165, 1.54) is 6.92 Å². The number of amides is 1. The number of pyridine rings is 1. The smallest absolute Gasteiger partial charge is 0.339 e. The normalized spacial score (nSPS) is 11.9. The second-order valence-corrected chi connectivity index (χ2v) is 6.69. The third-order valence-corrected chi connectivity index (χ3v) is 4.72. The second-order valence-electron chi connectivity index (χ2n) is 6.69. The van der Waals surface area contributed by atoms with Crippen LogP contribution >= 0.6 is 0 Å². The minimum atomic E-state index is -1.71. The van der Waals surface area contributed by atoms with Crippen LogP contribution in [0.1, 0.15) is 35.5 Å². The summed E-state index contributed by atoms with van der Waals surface area (Å²) >= 11 is 0. The Balaban J connectivity index is 1.85. The number of aryl methyl sites for hydroxylation is 1. The van der Waals surface area contributed by atoms with Crippen molar-refractivity contribution in [2.75, 3.05) is 5.32 Å². The number of nitrogens with one attached hydrogen (secondary N) is 1. The highest BCUT2D eigenvalue weighted by atomic mass is 19.2. The second kappa shape index (κ2) is 8.52. The van der Waals surface area contributed by atoms with Gasteiger partial charge in [-0.3, -0.25) is 9.78 Å². The SMILES string of the molecule is CCc1nc2ccccc2c(C(=O)O[C@@H](C)C(=O)Nc2ccc(F)c(F)c2F)c1C. The standard InChI is InChI=1S/C22H19F3N2O3/c1-4-15-11(2)18(13-7-5-6-8-16(13)26-15)22(29)30-12(3)21(28)27-17-10-9-14(23)19(24)20(17)25/h5-10,12H,4H2,1-3H3,(H,27,28)/t12-/m0/s1. The number of carbonyl (C=O) groups is 2. The molecule has 0 saturated carbocycles. The first-order valence-electron chi connectivity index (χ1n) is 9.28. The maximum atomic E-state index is 13.8. The van der Waals surface area contributed by atoms with Crippen LogP contribution in [0.3, 0.4) is 0 Å². The first kappa shape index (κ1) is 21.3. The molecule has 1 aromatic heterocycles. The first-order chi connectivity index (χ1) is 14.2. The van der Waals surface area contributed by atoms with E-state index in [0.717, 1.165) is 11.8 Å². The van der Waals surface area contributed by atoms with Crippen molar-refractivity contribution in [1.29, 1.82) is 0 Å². The van der Waals surface area contributed by atoms with Crippen molar-refractivity contribution in [3.63, 3.8) is 0 Å². The quantitative estimate of drug-likeness (QED) is 0.483. The number of benzene rings is 2. The Morgan fingerprint density at radius 3 is 2.50 bits per heavy atom. The van der Waals surface area contributed by atoms with Gasteiger partial charge >= 0.3 is 5.97 Å². The molecule has 5 nitrogen and oxygen atoms in total. The molecule has 0 radical (unpaired) electrons. The molecule has 8 heteroatoms. The van der Waals surface area contributed by atoms with Crippen LogP contribution in [-0.4, -0.2) is 23.0 Å². The third-order valence-electron chi connectivity index (χ3n) is 4.72. The lowest BCUT2D eigenvalue weighted by molar-refractivity contribution is -0.123. The molecule has 1 N–H and O–H groups in total. The van der Waals surface area contributed by atoms with Gasteiger partial charge in [0.05, 0.1) is 16.8 Å². The number of halogens is 3. The van der Waals surface area contributed by atoms with Crippen LogP contribution < -0.4 is 5.32 Å². The van der Waals surface area contributed by atoms with E-state index in [2.05, 4.69) is 10.3 Å². The Kier molecular flexibility index (Phi) is 6.05. The van der Waals surface area contributed by atoms with E-state index in [1.807, 2.05) is 6.92 Å². The van der Waals surface area contributed by atoms with Gasteiger partial charge in [0.25, 0.3) is 5.91 Å². The van der Waals surface area contributed by atoms with Crippen LogP contribution in [0.2, 0.25) is 0 Å². The lowest BCUT2D eigenvalue weighted by Gasteiger charge is -2.17. The molecule has 0 unspecified atom stereocenters. The topological polar surface area (TPSA) is 68.3 Å². The number of fused-ring (bicyclic) bond motifs is 1. The zero-order chi connectivity index (χ0) is 22.0. The van der Waals surface area contributed by atoms with Crippen LogP contribution in [0.4, 0.5) is 18.9 Å². The zero-order valence-corrected chi connectivity index (χ0v) is 16.6. The Bertz CT molecular complexity index is 1150. The summed E-state index contributed by atoms with van der Waals surface area (Å²) in [5, 5.41) is 2.68. The van der Waals surface area contributed by atoms with Crippen LogP contribution in [0, 0.1) is 24.4 Å². The summed E-state index contributed by atoms with van der Waals surface area (Å²) in [6.45, 7) is 4.95. The molecule has 3 rings (SSSR count). The first-order valence-corrected chi connectivity index (χ1v) is 9.28. The molecule has 156 valence electrons. The van der Waals surface area contributed by atoms with Crippen molar-refractivity contribution >= 4 is 28.5 Å². The fraction of sp³-hybridized carbons (Fsp3) is 0.227. The van der Waals surface area contributed by atoms with Gasteiger partial charge in [-0.25, -0.2) is 18.0 Å². The molecule has 0 aliphatic heterocycles. The number of esters is 1. The van der Waals surface area contributed by atoms with Gasteiger partial charge in [0, 0.05) is 11.1 Å². The van der Waals surface area contributed by atoms with E-state index < -0.39 is 41.1 Å². The van der Waals surface area contributed by atoms with E-state index in [9.17, 15) is 22.8 Å². The van der Waals surface area contributed by atoms with E-state index in [0.29, 0.717) is 29.0 Å². The summed E-state index contributed by atoms with van der Waals surface area (Å²) in [6.07, 6.45) is -0.719. The van der Waals surface area contributed by atoms with Crippen molar-refractivity contribution in [3.05, 3.63) is 70.7 Å². The highest BCUT2D eigenvalue weighted by Gasteiger charge is 2.25. The summed E-state index contributed by atoms with van der Waals surface area (Å²) in [5.41, 5.74) is 1.71. The van der Waals surface area contributed by atoms with Crippen molar-refractivity contribution in [3.8, 4) is 0 Å². The molecule has 30 heavy (non-hydrogen) atoms. The highest BCUT2D eigenvalue weighted by Crippen LogP contribution is 2.25. The van der Waals surface area contributed by atoms with Crippen molar-refractivity contribution in [1.82, 2.24) is 4.98 Å². The number of rotatable bonds is 5. The number of anilines is 1. The zero-order valence-electron chi connectivity index (χ0n) is 16.6.